The highest BCUT2D eigenvalue weighted by molar-refractivity contribution is 7.99. The lowest BCUT2D eigenvalue weighted by Gasteiger charge is -2.24. The fourth-order valence-corrected chi connectivity index (χ4v) is 5.15. The number of rotatable bonds is 10. The van der Waals surface area contributed by atoms with Crippen molar-refractivity contribution >= 4 is 56.8 Å². The number of thioether (sulfide) groups is 1. The molecule has 4 nitrogen and oxygen atoms in total. The number of nitrogens with zero attached hydrogens (tertiary/aromatic N) is 3. The molecule has 3 aromatic rings. The number of thiazole rings is 1. The lowest BCUT2D eigenvalue weighted by Crippen LogP contribution is -2.39. The zero-order valence-electron chi connectivity index (χ0n) is 17.8. The molecule has 0 atom stereocenters. The minimum Gasteiger partial charge on any atom is -0.302 e. The number of carbonyl (C=O) groups is 1. The van der Waals surface area contributed by atoms with Gasteiger partial charge in [0, 0.05) is 30.2 Å². The standard InChI is InChI=1S/C23H29N3OS2.ClH/c1-4-25(5-2)15-16-26(21(27)14-17-28-19-11-7-6-8-12-19)23-24-22-18(3)10-9-13-20(22)29-23;/h6-13H,4-5,14-17H2,1-3H3;1H. The highest BCUT2D eigenvalue weighted by Crippen LogP contribution is 2.31. The lowest BCUT2D eigenvalue weighted by atomic mass is 10.2. The summed E-state index contributed by atoms with van der Waals surface area (Å²) < 4.78 is 1.14. The van der Waals surface area contributed by atoms with Crippen molar-refractivity contribution in [2.75, 3.05) is 36.8 Å². The van der Waals surface area contributed by atoms with Crippen LogP contribution in [-0.2, 0) is 4.79 Å². The molecule has 0 bridgehead atoms. The van der Waals surface area contributed by atoms with Crippen molar-refractivity contribution in [1.82, 2.24) is 9.88 Å². The molecule has 0 aliphatic carbocycles. The molecule has 1 aromatic heterocycles. The second-order valence-corrected chi connectivity index (χ2v) is 9.08. The van der Waals surface area contributed by atoms with Crippen LogP contribution in [0.25, 0.3) is 10.2 Å². The fraction of sp³-hybridized carbons (Fsp3) is 0.391. The summed E-state index contributed by atoms with van der Waals surface area (Å²) in [5, 5.41) is 0.816. The second-order valence-electron chi connectivity index (χ2n) is 6.90. The first-order valence-corrected chi connectivity index (χ1v) is 12.0. The number of para-hydroxylation sites is 1. The first-order valence-electron chi connectivity index (χ1n) is 10.2. The van der Waals surface area contributed by atoms with E-state index in [2.05, 4.69) is 56.0 Å². The third kappa shape index (κ3) is 6.45. The van der Waals surface area contributed by atoms with Gasteiger partial charge in [-0.25, -0.2) is 4.98 Å². The molecule has 1 amide bonds. The number of anilines is 1. The molecule has 0 aliphatic heterocycles. The van der Waals surface area contributed by atoms with E-state index in [1.54, 1.807) is 23.1 Å². The zero-order valence-corrected chi connectivity index (χ0v) is 20.3. The number of carbonyl (C=O) groups excluding carboxylic acids is 1. The van der Waals surface area contributed by atoms with Crippen molar-refractivity contribution in [3.8, 4) is 0 Å². The highest BCUT2D eigenvalue weighted by atomic mass is 35.5. The van der Waals surface area contributed by atoms with E-state index in [1.165, 1.54) is 4.90 Å². The van der Waals surface area contributed by atoms with Crippen LogP contribution in [0, 0.1) is 6.92 Å². The molecule has 0 N–H and O–H groups in total. The topological polar surface area (TPSA) is 36.4 Å². The number of aromatic nitrogens is 1. The molecule has 0 unspecified atom stereocenters. The molecule has 2 aromatic carbocycles. The van der Waals surface area contributed by atoms with Gasteiger partial charge in [0.05, 0.1) is 10.2 Å². The van der Waals surface area contributed by atoms with Gasteiger partial charge >= 0.3 is 0 Å². The SMILES string of the molecule is CCN(CC)CCN(C(=O)CCSc1ccccc1)c1nc2c(C)cccc2s1.Cl. The van der Waals surface area contributed by atoms with E-state index in [4.69, 9.17) is 4.98 Å². The molecule has 7 heteroatoms. The minimum atomic E-state index is 0. The molecule has 0 radical (unpaired) electrons. The Morgan fingerprint density at radius 3 is 2.43 bits per heavy atom. The number of aryl methyl sites for hydroxylation is 1. The maximum atomic E-state index is 13.1. The Balaban J connectivity index is 0.00000320. The Morgan fingerprint density at radius 1 is 1.03 bits per heavy atom. The average molecular weight is 464 g/mol. The Labute approximate surface area is 194 Å². The molecule has 30 heavy (non-hydrogen) atoms. The molecule has 0 fully saturated rings. The van der Waals surface area contributed by atoms with E-state index in [9.17, 15) is 4.79 Å². The minimum absolute atomic E-state index is 0. The van der Waals surface area contributed by atoms with E-state index >= 15 is 0 Å². The summed E-state index contributed by atoms with van der Waals surface area (Å²) in [4.78, 5) is 23.4. The number of fused-ring (bicyclic) bond motifs is 1. The third-order valence-corrected chi connectivity index (χ3v) is 7.06. The van der Waals surface area contributed by atoms with Crippen LogP contribution < -0.4 is 4.90 Å². The summed E-state index contributed by atoms with van der Waals surface area (Å²) in [7, 11) is 0. The number of hydrogen-bond donors (Lipinski definition) is 0. The van der Waals surface area contributed by atoms with Crippen molar-refractivity contribution in [2.24, 2.45) is 0 Å². The van der Waals surface area contributed by atoms with Crippen LogP contribution in [0.1, 0.15) is 25.8 Å². The zero-order chi connectivity index (χ0) is 20.6. The summed E-state index contributed by atoms with van der Waals surface area (Å²) in [6.07, 6.45) is 0.507. The van der Waals surface area contributed by atoms with Gasteiger partial charge in [-0.3, -0.25) is 9.69 Å². The Bertz CT molecular complexity index is 929. The maximum Gasteiger partial charge on any atom is 0.229 e. The van der Waals surface area contributed by atoms with E-state index in [1.807, 2.05) is 23.1 Å². The highest BCUT2D eigenvalue weighted by Gasteiger charge is 2.20. The van der Waals surface area contributed by atoms with Crippen molar-refractivity contribution in [2.45, 2.75) is 32.1 Å². The quantitative estimate of drug-likeness (QED) is 0.351. The van der Waals surface area contributed by atoms with Crippen LogP contribution in [0.3, 0.4) is 0 Å². The summed E-state index contributed by atoms with van der Waals surface area (Å²) in [6.45, 7) is 9.91. The predicted molar refractivity (Wildman–Crippen MR) is 134 cm³/mol. The summed E-state index contributed by atoms with van der Waals surface area (Å²) in [6, 6.07) is 16.5. The molecule has 0 saturated heterocycles. The molecule has 1 heterocycles. The summed E-state index contributed by atoms with van der Waals surface area (Å²) >= 11 is 3.34. The van der Waals surface area contributed by atoms with Crippen LogP contribution in [0.5, 0.6) is 0 Å². The van der Waals surface area contributed by atoms with E-state index in [0.717, 1.165) is 46.3 Å². The van der Waals surface area contributed by atoms with Crippen LogP contribution in [0.4, 0.5) is 5.13 Å². The summed E-state index contributed by atoms with van der Waals surface area (Å²) in [5.74, 6) is 0.923. The normalized spacial score (nSPS) is 10.9. The van der Waals surface area contributed by atoms with Crippen LogP contribution in [0.2, 0.25) is 0 Å². The first kappa shape index (κ1) is 24.7. The molecular weight excluding hydrogens is 434 g/mol. The van der Waals surface area contributed by atoms with Gasteiger partial charge in [-0.2, -0.15) is 0 Å². The van der Waals surface area contributed by atoms with Crippen molar-refractivity contribution in [3.63, 3.8) is 0 Å². The molecule has 162 valence electrons. The van der Waals surface area contributed by atoms with E-state index in [-0.39, 0.29) is 18.3 Å². The van der Waals surface area contributed by atoms with E-state index < -0.39 is 0 Å². The van der Waals surface area contributed by atoms with Crippen molar-refractivity contribution in [1.29, 1.82) is 0 Å². The van der Waals surface area contributed by atoms with Gasteiger partial charge in [0.25, 0.3) is 0 Å². The molecule has 0 aliphatic rings. The Hall–Kier alpha value is -1.60. The van der Waals surface area contributed by atoms with Gasteiger partial charge < -0.3 is 4.90 Å². The monoisotopic (exact) mass is 463 g/mol. The number of benzene rings is 2. The van der Waals surface area contributed by atoms with Gasteiger partial charge in [-0.05, 0) is 43.8 Å². The third-order valence-electron chi connectivity index (χ3n) is 5.00. The molecule has 3 rings (SSSR count). The molecular formula is C23H30ClN3OS2. The second kappa shape index (κ2) is 12.3. The number of amides is 1. The van der Waals surface area contributed by atoms with Gasteiger partial charge in [-0.15, -0.1) is 24.2 Å². The molecule has 0 saturated carbocycles. The van der Waals surface area contributed by atoms with Gasteiger partial charge in [0.15, 0.2) is 5.13 Å². The Morgan fingerprint density at radius 2 is 1.77 bits per heavy atom. The smallest absolute Gasteiger partial charge is 0.229 e. The summed E-state index contributed by atoms with van der Waals surface area (Å²) in [5.41, 5.74) is 2.16. The predicted octanol–water partition coefficient (Wildman–Crippen LogP) is 5.88. The number of hydrogen-bond acceptors (Lipinski definition) is 5. The van der Waals surface area contributed by atoms with Gasteiger partial charge in [0.1, 0.15) is 0 Å². The molecule has 0 spiro atoms. The lowest BCUT2D eigenvalue weighted by molar-refractivity contribution is -0.118. The van der Waals surface area contributed by atoms with Crippen LogP contribution in [-0.4, -0.2) is 47.7 Å². The number of halogens is 1. The maximum absolute atomic E-state index is 13.1. The van der Waals surface area contributed by atoms with Gasteiger partial charge in [0.2, 0.25) is 5.91 Å². The van der Waals surface area contributed by atoms with Crippen LogP contribution >= 0.6 is 35.5 Å². The van der Waals surface area contributed by atoms with Crippen LogP contribution in [0.15, 0.2) is 53.4 Å². The van der Waals surface area contributed by atoms with Crippen molar-refractivity contribution < 1.29 is 4.79 Å². The number of likely N-dealkylation sites (N-methyl/N-ethyl adjacent to an activating group) is 1. The largest absolute Gasteiger partial charge is 0.302 e. The Kier molecular flexibility index (Phi) is 10.1. The average Bonchev–Trinajstić information content (AvgIpc) is 3.17. The van der Waals surface area contributed by atoms with Gasteiger partial charge in [-0.1, -0.05) is 55.5 Å². The van der Waals surface area contributed by atoms with Crippen molar-refractivity contribution in [3.05, 3.63) is 54.1 Å². The fourth-order valence-electron chi connectivity index (χ4n) is 3.21. The first-order chi connectivity index (χ1) is 14.1. The van der Waals surface area contributed by atoms with E-state index in [0.29, 0.717) is 13.0 Å².